The number of hydrogen-bond donors (Lipinski definition) is 1. The summed E-state index contributed by atoms with van der Waals surface area (Å²) in [6.45, 7) is 0.381. The second-order valence-corrected chi connectivity index (χ2v) is 11.5. The monoisotopic (exact) mass is 478 g/mol. The fourth-order valence-corrected chi connectivity index (χ4v) is 6.79. The van der Waals surface area contributed by atoms with Gasteiger partial charge in [0.05, 0.1) is 15.5 Å². The minimum absolute atomic E-state index is 0.173. The van der Waals surface area contributed by atoms with Crippen LogP contribution in [0.3, 0.4) is 0 Å². The average Bonchev–Trinajstić information content (AvgIpc) is 2.83. The highest BCUT2D eigenvalue weighted by Crippen LogP contribution is 2.34. The molecule has 0 saturated carbocycles. The summed E-state index contributed by atoms with van der Waals surface area (Å²) in [5.41, 5.74) is 1.78. The van der Waals surface area contributed by atoms with Gasteiger partial charge in [-0.1, -0.05) is 48.5 Å². The van der Waals surface area contributed by atoms with Gasteiger partial charge in [0.15, 0.2) is 0 Å². The number of aryl methyl sites for hydroxylation is 1. The van der Waals surface area contributed by atoms with Crippen molar-refractivity contribution in [2.45, 2.75) is 22.6 Å². The molecule has 1 N–H and O–H groups in total. The Morgan fingerprint density at radius 3 is 2.21 bits per heavy atom. The van der Waals surface area contributed by atoms with E-state index in [0.717, 1.165) is 16.3 Å². The van der Waals surface area contributed by atoms with E-state index in [1.807, 2.05) is 24.3 Å². The van der Waals surface area contributed by atoms with Crippen molar-refractivity contribution in [2.24, 2.45) is 0 Å². The predicted octanol–water partition coefficient (Wildman–Crippen LogP) is 4.78. The first-order chi connectivity index (χ1) is 15.8. The van der Waals surface area contributed by atoms with Crippen LogP contribution < -0.4 is 9.03 Å². The lowest BCUT2D eigenvalue weighted by atomic mass is 10.0. The Morgan fingerprint density at radius 1 is 0.697 bits per heavy atom. The number of sulfonamides is 2. The normalized spacial score (nSPS) is 14.1. The summed E-state index contributed by atoms with van der Waals surface area (Å²) in [7, 11) is -7.49. The van der Waals surface area contributed by atoms with Gasteiger partial charge in [-0.25, -0.2) is 16.8 Å². The highest BCUT2D eigenvalue weighted by Gasteiger charge is 2.29. The van der Waals surface area contributed by atoms with Gasteiger partial charge in [-0.15, -0.1) is 0 Å². The van der Waals surface area contributed by atoms with Gasteiger partial charge in [0.25, 0.3) is 20.0 Å². The molecule has 6 nitrogen and oxygen atoms in total. The molecule has 168 valence electrons. The highest BCUT2D eigenvalue weighted by molar-refractivity contribution is 7.93. The number of nitrogens with one attached hydrogen (secondary N) is 1. The van der Waals surface area contributed by atoms with Crippen molar-refractivity contribution >= 4 is 42.2 Å². The van der Waals surface area contributed by atoms with E-state index >= 15 is 0 Å². The van der Waals surface area contributed by atoms with Crippen LogP contribution in [0, 0.1) is 0 Å². The van der Waals surface area contributed by atoms with Gasteiger partial charge >= 0.3 is 0 Å². The molecule has 4 aromatic carbocycles. The molecule has 0 saturated heterocycles. The predicted molar refractivity (Wildman–Crippen MR) is 130 cm³/mol. The average molecular weight is 479 g/mol. The maximum atomic E-state index is 13.2. The van der Waals surface area contributed by atoms with Crippen molar-refractivity contribution in [1.82, 2.24) is 0 Å². The van der Waals surface area contributed by atoms with Crippen LogP contribution in [0.1, 0.15) is 12.0 Å². The quantitative estimate of drug-likeness (QED) is 0.447. The number of anilines is 2. The first kappa shape index (κ1) is 21.5. The second kappa shape index (κ2) is 8.20. The van der Waals surface area contributed by atoms with E-state index in [9.17, 15) is 16.8 Å². The van der Waals surface area contributed by atoms with Crippen molar-refractivity contribution in [1.29, 1.82) is 0 Å². The topological polar surface area (TPSA) is 83.6 Å². The Hall–Kier alpha value is -3.36. The van der Waals surface area contributed by atoms with Crippen LogP contribution >= 0.6 is 0 Å². The van der Waals surface area contributed by atoms with Gasteiger partial charge in [0, 0.05) is 12.2 Å². The Kier molecular flexibility index (Phi) is 5.34. The van der Waals surface area contributed by atoms with Crippen LogP contribution in [0.5, 0.6) is 0 Å². The highest BCUT2D eigenvalue weighted by atomic mass is 32.2. The lowest BCUT2D eigenvalue weighted by Gasteiger charge is -2.31. The molecule has 0 fully saturated rings. The van der Waals surface area contributed by atoms with Crippen LogP contribution in [-0.4, -0.2) is 23.4 Å². The maximum absolute atomic E-state index is 13.2. The summed E-state index contributed by atoms with van der Waals surface area (Å²) in [6, 6.07) is 25.9. The largest absolute Gasteiger partial charge is 0.280 e. The summed E-state index contributed by atoms with van der Waals surface area (Å²) in [5, 5.41) is 1.80. The molecule has 0 aromatic heterocycles. The fourth-order valence-electron chi connectivity index (χ4n) is 4.14. The Balaban J connectivity index is 1.46. The Bertz CT molecular complexity index is 1550. The minimum atomic E-state index is -3.80. The molecule has 0 spiro atoms. The summed E-state index contributed by atoms with van der Waals surface area (Å²) in [6.07, 6.45) is 1.32. The standard InChI is InChI=1S/C25H22N2O4S2/c28-32(29,24-14-12-19-7-4-5-8-20(19)18-24)26-22-13-15-25-21(17-22)9-6-16-27(25)33(30,31)23-10-2-1-3-11-23/h1-5,7-8,10-15,17-18,26H,6,9,16H2. The van der Waals surface area contributed by atoms with Gasteiger partial charge in [-0.2, -0.15) is 0 Å². The molecule has 1 aliphatic heterocycles. The lowest BCUT2D eigenvalue weighted by molar-refractivity contribution is 0.586. The fraction of sp³-hybridized carbons (Fsp3) is 0.120. The summed E-state index contributed by atoms with van der Waals surface area (Å²) >= 11 is 0. The molecule has 0 bridgehead atoms. The smallest absolute Gasteiger partial charge is 0.264 e. The van der Waals surface area contributed by atoms with Gasteiger partial charge in [-0.05, 0) is 71.6 Å². The van der Waals surface area contributed by atoms with E-state index in [1.54, 1.807) is 66.7 Å². The third-order valence-corrected chi connectivity index (χ3v) is 8.98. The summed E-state index contributed by atoms with van der Waals surface area (Å²) < 4.78 is 56.4. The van der Waals surface area contributed by atoms with E-state index in [1.165, 1.54) is 4.31 Å². The molecule has 5 rings (SSSR count). The van der Waals surface area contributed by atoms with Crippen LogP contribution in [0.4, 0.5) is 11.4 Å². The molecule has 0 radical (unpaired) electrons. The van der Waals surface area contributed by atoms with Crippen LogP contribution in [0.15, 0.2) is 101 Å². The van der Waals surface area contributed by atoms with E-state index < -0.39 is 20.0 Å². The number of benzene rings is 4. The van der Waals surface area contributed by atoms with Gasteiger partial charge < -0.3 is 0 Å². The van der Waals surface area contributed by atoms with Gasteiger partial charge in [-0.3, -0.25) is 9.03 Å². The molecular weight excluding hydrogens is 456 g/mol. The van der Waals surface area contributed by atoms with Crippen molar-refractivity contribution in [3.63, 3.8) is 0 Å². The molecule has 33 heavy (non-hydrogen) atoms. The second-order valence-electron chi connectivity index (χ2n) is 7.95. The molecule has 0 unspecified atom stereocenters. The van der Waals surface area contributed by atoms with Crippen molar-refractivity contribution in [3.8, 4) is 0 Å². The molecule has 1 heterocycles. The van der Waals surface area contributed by atoms with Crippen molar-refractivity contribution in [2.75, 3.05) is 15.6 Å². The summed E-state index contributed by atoms with van der Waals surface area (Å²) in [4.78, 5) is 0.408. The third-order valence-electron chi connectivity index (χ3n) is 5.77. The van der Waals surface area contributed by atoms with Crippen LogP contribution in [-0.2, 0) is 26.5 Å². The zero-order chi connectivity index (χ0) is 23.1. The summed E-state index contributed by atoms with van der Waals surface area (Å²) in [5.74, 6) is 0. The van der Waals surface area contributed by atoms with Crippen molar-refractivity contribution in [3.05, 3.63) is 96.6 Å². The van der Waals surface area contributed by atoms with E-state index in [0.29, 0.717) is 30.8 Å². The van der Waals surface area contributed by atoms with E-state index in [4.69, 9.17) is 0 Å². The van der Waals surface area contributed by atoms with E-state index in [2.05, 4.69) is 4.72 Å². The SMILES string of the molecule is O=S(=O)(Nc1ccc2c(c1)CCCN2S(=O)(=O)c1ccccc1)c1ccc2ccccc2c1. The molecule has 0 aliphatic carbocycles. The molecule has 1 aliphatic rings. The zero-order valence-corrected chi connectivity index (χ0v) is 19.3. The van der Waals surface area contributed by atoms with Gasteiger partial charge in [0.2, 0.25) is 0 Å². The molecule has 4 aromatic rings. The molecule has 8 heteroatoms. The first-order valence-electron chi connectivity index (χ1n) is 10.6. The van der Waals surface area contributed by atoms with Crippen molar-refractivity contribution < 1.29 is 16.8 Å². The Morgan fingerprint density at radius 2 is 1.42 bits per heavy atom. The number of rotatable bonds is 5. The Labute approximate surface area is 193 Å². The number of nitrogens with zero attached hydrogens (tertiary/aromatic N) is 1. The molecule has 0 amide bonds. The maximum Gasteiger partial charge on any atom is 0.264 e. The molecular formula is C25H22N2O4S2. The van der Waals surface area contributed by atoms with Crippen LogP contribution in [0.2, 0.25) is 0 Å². The lowest BCUT2D eigenvalue weighted by Crippen LogP contribution is -2.35. The molecule has 0 atom stereocenters. The third kappa shape index (κ3) is 4.07. The number of fused-ring (bicyclic) bond motifs is 2. The minimum Gasteiger partial charge on any atom is -0.280 e. The number of hydrogen-bond acceptors (Lipinski definition) is 4. The van der Waals surface area contributed by atoms with Gasteiger partial charge in [0.1, 0.15) is 0 Å². The zero-order valence-electron chi connectivity index (χ0n) is 17.7. The van der Waals surface area contributed by atoms with E-state index in [-0.39, 0.29) is 9.79 Å². The van der Waals surface area contributed by atoms with Crippen LogP contribution in [0.25, 0.3) is 10.8 Å². The first-order valence-corrected chi connectivity index (χ1v) is 13.5.